The number of para-hydroxylation sites is 1. The van der Waals surface area contributed by atoms with Crippen LogP contribution in [0.3, 0.4) is 0 Å². The zero-order valence-corrected chi connectivity index (χ0v) is 17.1. The molecular weight excluding hydrogens is 378 g/mol. The third-order valence-corrected chi connectivity index (χ3v) is 5.60. The Hall–Kier alpha value is -1.83. The lowest BCUT2D eigenvalue weighted by atomic mass is 9.81. The Morgan fingerprint density at radius 3 is 2.75 bits per heavy atom. The van der Waals surface area contributed by atoms with Gasteiger partial charge >= 0.3 is 7.05 Å². The van der Waals surface area contributed by atoms with Crippen LogP contribution >= 0.6 is 11.6 Å². The van der Waals surface area contributed by atoms with E-state index < -0.39 is 0 Å². The number of anilines is 2. The lowest BCUT2D eigenvalue weighted by molar-refractivity contribution is 0.258. The number of piperidine rings is 1. The first-order valence-electron chi connectivity index (χ1n) is 9.73. The van der Waals surface area contributed by atoms with Crippen molar-refractivity contribution in [1.29, 1.82) is 0 Å². The molecule has 1 aromatic carbocycles. The molecule has 0 radical (unpaired) electrons. The van der Waals surface area contributed by atoms with Crippen molar-refractivity contribution < 1.29 is 9.41 Å². The number of nitrogens with zero attached hydrogens (tertiary/aromatic N) is 2. The van der Waals surface area contributed by atoms with Crippen molar-refractivity contribution in [2.24, 2.45) is 5.92 Å². The van der Waals surface area contributed by atoms with Crippen LogP contribution in [-0.2, 0) is 6.54 Å². The minimum absolute atomic E-state index is 0.263. The predicted molar refractivity (Wildman–Crippen MR) is 114 cm³/mol. The predicted octanol–water partition coefficient (Wildman–Crippen LogP) is 4.03. The second-order valence-electron chi connectivity index (χ2n) is 7.44. The SMILES string of the molecule is CB(O)N1CCC(CNc2cc(Cl)ncc2CNc2c(C)cccc2F)CC1. The normalized spacial score (nSPS) is 15.5. The summed E-state index contributed by atoms with van der Waals surface area (Å²) in [7, 11) is -0.382. The van der Waals surface area contributed by atoms with E-state index in [1.807, 2.05) is 25.9 Å². The summed E-state index contributed by atoms with van der Waals surface area (Å²) in [6.07, 6.45) is 3.81. The fourth-order valence-electron chi connectivity index (χ4n) is 3.59. The van der Waals surface area contributed by atoms with Crippen molar-refractivity contribution in [3.05, 3.63) is 52.6 Å². The van der Waals surface area contributed by atoms with Gasteiger partial charge in [0, 0.05) is 30.5 Å². The quantitative estimate of drug-likeness (QED) is 0.480. The van der Waals surface area contributed by atoms with Gasteiger partial charge in [0.05, 0.1) is 5.69 Å². The summed E-state index contributed by atoms with van der Waals surface area (Å²) < 4.78 is 14.1. The molecule has 8 heteroatoms. The van der Waals surface area contributed by atoms with E-state index in [1.54, 1.807) is 12.3 Å². The first kappa shape index (κ1) is 20.9. The fraction of sp³-hybridized carbons (Fsp3) is 0.450. The average molecular weight is 405 g/mol. The van der Waals surface area contributed by atoms with Crippen LogP contribution in [0.1, 0.15) is 24.0 Å². The molecule has 2 heterocycles. The highest BCUT2D eigenvalue weighted by Crippen LogP contribution is 2.25. The van der Waals surface area contributed by atoms with E-state index in [0.29, 0.717) is 23.3 Å². The van der Waals surface area contributed by atoms with Gasteiger partial charge in [0.15, 0.2) is 0 Å². The van der Waals surface area contributed by atoms with Gasteiger partial charge in [-0.05, 0) is 63.3 Å². The monoisotopic (exact) mass is 404 g/mol. The van der Waals surface area contributed by atoms with Gasteiger partial charge in [-0.1, -0.05) is 23.7 Å². The molecule has 2 aromatic rings. The Morgan fingerprint density at radius 2 is 2.07 bits per heavy atom. The van der Waals surface area contributed by atoms with E-state index in [4.69, 9.17) is 11.6 Å². The summed E-state index contributed by atoms with van der Waals surface area (Å²) in [5.74, 6) is 0.276. The summed E-state index contributed by atoms with van der Waals surface area (Å²) in [4.78, 5) is 6.27. The minimum Gasteiger partial charge on any atom is -0.437 e. The Labute approximate surface area is 171 Å². The van der Waals surface area contributed by atoms with Gasteiger partial charge in [0.2, 0.25) is 0 Å². The minimum atomic E-state index is -0.382. The number of aromatic nitrogens is 1. The molecule has 0 atom stereocenters. The first-order valence-corrected chi connectivity index (χ1v) is 10.1. The van der Waals surface area contributed by atoms with Gasteiger partial charge in [-0.25, -0.2) is 9.37 Å². The molecule has 3 rings (SSSR count). The Bertz CT molecular complexity index is 780. The maximum absolute atomic E-state index is 14.1. The number of nitrogens with one attached hydrogen (secondary N) is 2. The summed E-state index contributed by atoms with van der Waals surface area (Å²) in [6.45, 7) is 6.79. The highest BCUT2D eigenvalue weighted by atomic mass is 35.5. The van der Waals surface area contributed by atoms with Crippen LogP contribution in [0, 0.1) is 18.7 Å². The van der Waals surface area contributed by atoms with Gasteiger partial charge in [-0.15, -0.1) is 0 Å². The van der Waals surface area contributed by atoms with Gasteiger partial charge in [0.1, 0.15) is 11.0 Å². The average Bonchev–Trinajstić information content (AvgIpc) is 2.67. The topological polar surface area (TPSA) is 60.4 Å². The largest absolute Gasteiger partial charge is 0.437 e. The molecule has 1 saturated heterocycles. The lowest BCUT2D eigenvalue weighted by Crippen LogP contribution is -2.43. The molecule has 0 bridgehead atoms. The lowest BCUT2D eigenvalue weighted by Gasteiger charge is -2.32. The molecule has 3 N–H and O–H groups in total. The number of hydrogen-bond acceptors (Lipinski definition) is 5. The van der Waals surface area contributed by atoms with Crippen LogP contribution in [-0.4, -0.2) is 41.5 Å². The fourth-order valence-corrected chi connectivity index (χ4v) is 3.75. The molecule has 0 spiro atoms. The smallest absolute Gasteiger partial charge is 0.376 e. The maximum Gasteiger partial charge on any atom is 0.376 e. The van der Waals surface area contributed by atoms with Crippen molar-refractivity contribution in [2.45, 2.75) is 33.1 Å². The van der Waals surface area contributed by atoms with Crippen LogP contribution in [0.25, 0.3) is 0 Å². The molecule has 1 aliphatic rings. The number of hydrogen-bond donors (Lipinski definition) is 3. The number of benzene rings is 1. The summed E-state index contributed by atoms with van der Waals surface area (Å²) in [5.41, 5.74) is 3.23. The van der Waals surface area contributed by atoms with Crippen LogP contribution in [0.15, 0.2) is 30.5 Å². The third kappa shape index (κ3) is 5.37. The van der Waals surface area contributed by atoms with Crippen LogP contribution in [0.5, 0.6) is 0 Å². The number of aryl methyl sites for hydroxylation is 1. The van der Waals surface area contributed by atoms with Crippen LogP contribution < -0.4 is 10.6 Å². The Balaban J connectivity index is 1.61. The van der Waals surface area contributed by atoms with E-state index in [9.17, 15) is 9.41 Å². The summed E-state index contributed by atoms with van der Waals surface area (Å²) in [5, 5.41) is 16.8. The first-order chi connectivity index (χ1) is 13.4. The second-order valence-corrected chi connectivity index (χ2v) is 7.83. The molecule has 0 amide bonds. The maximum atomic E-state index is 14.1. The van der Waals surface area contributed by atoms with E-state index in [0.717, 1.165) is 49.3 Å². The zero-order valence-electron chi connectivity index (χ0n) is 16.4. The van der Waals surface area contributed by atoms with Gasteiger partial charge in [-0.2, -0.15) is 0 Å². The molecule has 150 valence electrons. The van der Waals surface area contributed by atoms with Crippen molar-refractivity contribution in [3.63, 3.8) is 0 Å². The molecule has 0 saturated carbocycles. The van der Waals surface area contributed by atoms with Gasteiger partial charge in [-0.3, -0.25) is 0 Å². The highest BCUT2D eigenvalue weighted by molar-refractivity contribution is 6.45. The summed E-state index contributed by atoms with van der Waals surface area (Å²) >= 11 is 6.09. The molecule has 1 fully saturated rings. The third-order valence-electron chi connectivity index (χ3n) is 5.39. The van der Waals surface area contributed by atoms with Crippen molar-refractivity contribution in [1.82, 2.24) is 9.79 Å². The highest BCUT2D eigenvalue weighted by Gasteiger charge is 2.23. The Morgan fingerprint density at radius 1 is 1.32 bits per heavy atom. The van der Waals surface area contributed by atoms with E-state index in [2.05, 4.69) is 20.4 Å². The van der Waals surface area contributed by atoms with Crippen molar-refractivity contribution in [3.8, 4) is 0 Å². The molecule has 0 aliphatic carbocycles. The Kier molecular flexibility index (Phi) is 7.16. The van der Waals surface area contributed by atoms with Gasteiger partial charge in [0.25, 0.3) is 0 Å². The molecule has 28 heavy (non-hydrogen) atoms. The van der Waals surface area contributed by atoms with Crippen LogP contribution in [0.4, 0.5) is 15.8 Å². The molecule has 1 aromatic heterocycles. The van der Waals surface area contributed by atoms with E-state index >= 15 is 0 Å². The molecule has 0 unspecified atom stereocenters. The van der Waals surface area contributed by atoms with Gasteiger partial charge < -0.3 is 20.5 Å². The standard InChI is InChI=1S/C20H27BClFN4O/c1-14-4-3-5-17(23)20(14)26-13-16-12-25-19(22)10-18(16)24-11-15-6-8-27(9-7-15)21(2)28/h3-5,10,12,15,26,28H,6-9,11,13H2,1-2H3,(H,24,25). The number of rotatable bonds is 7. The van der Waals surface area contributed by atoms with Crippen molar-refractivity contribution >= 4 is 30.0 Å². The van der Waals surface area contributed by atoms with E-state index in [1.165, 1.54) is 6.07 Å². The molecule has 5 nitrogen and oxygen atoms in total. The number of pyridine rings is 1. The zero-order chi connectivity index (χ0) is 20.1. The van der Waals surface area contributed by atoms with Crippen molar-refractivity contribution in [2.75, 3.05) is 30.3 Å². The molecular formula is C20H27BClFN4O. The van der Waals surface area contributed by atoms with Crippen LogP contribution in [0.2, 0.25) is 12.0 Å². The van der Waals surface area contributed by atoms with E-state index in [-0.39, 0.29) is 12.9 Å². The second kappa shape index (κ2) is 9.59. The number of halogens is 2. The molecule has 1 aliphatic heterocycles. The summed E-state index contributed by atoms with van der Waals surface area (Å²) in [6, 6.07) is 6.85.